The molecule has 0 amide bonds. The van der Waals surface area contributed by atoms with Crippen LogP contribution in [0.2, 0.25) is 0 Å². The lowest BCUT2D eigenvalue weighted by Gasteiger charge is -2.20. The van der Waals surface area contributed by atoms with Crippen molar-refractivity contribution in [2.45, 2.75) is 11.8 Å². The summed E-state index contributed by atoms with van der Waals surface area (Å²) in [5.41, 5.74) is 5.25. The Morgan fingerprint density at radius 1 is 1.47 bits per heavy atom. The zero-order chi connectivity index (χ0) is 14.8. The second kappa shape index (κ2) is 5.62. The number of rotatable bonds is 5. The van der Waals surface area contributed by atoms with Crippen LogP contribution in [-0.2, 0) is 10.0 Å². The maximum absolute atomic E-state index is 13.5. The summed E-state index contributed by atoms with van der Waals surface area (Å²) in [5, 5.41) is 7.21. The van der Waals surface area contributed by atoms with Gasteiger partial charge >= 0.3 is 0 Å². The predicted molar refractivity (Wildman–Crippen MR) is 67.3 cm³/mol. The van der Waals surface area contributed by atoms with Crippen LogP contribution in [0.15, 0.2) is 23.1 Å². The Morgan fingerprint density at radius 2 is 2.05 bits per heavy atom. The quantitative estimate of drug-likeness (QED) is 0.630. The number of sulfonamides is 1. The normalized spacial score (nSPS) is 13.5. The molecule has 1 unspecified atom stereocenters. The lowest BCUT2D eigenvalue weighted by molar-refractivity contribution is 0.438. The first-order valence-corrected chi connectivity index (χ1v) is 6.85. The van der Waals surface area contributed by atoms with Gasteiger partial charge in [0.1, 0.15) is 16.5 Å². The number of nitrogens with one attached hydrogen (secondary N) is 1. The second-order valence-electron chi connectivity index (χ2n) is 4.22. The Kier molecular flexibility index (Phi) is 4.59. The molecular weight excluding hydrogens is 276 g/mol. The molecule has 0 radical (unpaired) electrons. The van der Waals surface area contributed by atoms with Gasteiger partial charge in [0.15, 0.2) is 0 Å². The summed E-state index contributed by atoms with van der Waals surface area (Å²) in [4.78, 5) is -0.604. The highest BCUT2D eigenvalue weighted by Gasteiger charge is 2.26. The molecule has 0 aromatic heterocycles. The van der Waals surface area contributed by atoms with Crippen molar-refractivity contribution in [1.82, 2.24) is 4.31 Å². The van der Waals surface area contributed by atoms with E-state index in [9.17, 15) is 17.2 Å². The Morgan fingerprint density at radius 3 is 2.53 bits per heavy atom. The van der Waals surface area contributed by atoms with Gasteiger partial charge < -0.3 is 5.73 Å². The number of hydrogen-bond donors (Lipinski definition) is 2. The fraction of sp³-hybridized carbons (Fsp3) is 0.364. The molecule has 0 bridgehead atoms. The summed E-state index contributed by atoms with van der Waals surface area (Å²) in [6.45, 7) is 1.52. The van der Waals surface area contributed by atoms with Crippen molar-refractivity contribution >= 4 is 15.9 Å². The summed E-state index contributed by atoms with van der Waals surface area (Å²) >= 11 is 0. The van der Waals surface area contributed by atoms with E-state index in [2.05, 4.69) is 0 Å². The molecular formula is C11H15F2N3O2S. The van der Waals surface area contributed by atoms with Crippen molar-refractivity contribution in [3.05, 3.63) is 29.8 Å². The molecule has 3 N–H and O–H groups in total. The minimum absolute atomic E-state index is 0.0610. The van der Waals surface area contributed by atoms with Crippen LogP contribution in [0.3, 0.4) is 0 Å². The summed E-state index contributed by atoms with van der Waals surface area (Å²) in [5.74, 6) is -2.66. The van der Waals surface area contributed by atoms with E-state index >= 15 is 0 Å². The van der Waals surface area contributed by atoms with Crippen molar-refractivity contribution in [3.8, 4) is 0 Å². The molecule has 0 saturated heterocycles. The van der Waals surface area contributed by atoms with Crippen LogP contribution in [0.1, 0.15) is 6.92 Å². The summed E-state index contributed by atoms with van der Waals surface area (Å²) < 4.78 is 51.3. The zero-order valence-corrected chi connectivity index (χ0v) is 11.3. The van der Waals surface area contributed by atoms with Crippen LogP contribution in [-0.4, -0.2) is 32.2 Å². The molecule has 0 heterocycles. The van der Waals surface area contributed by atoms with Gasteiger partial charge in [-0.3, -0.25) is 5.41 Å². The van der Waals surface area contributed by atoms with Gasteiger partial charge in [-0.15, -0.1) is 0 Å². The van der Waals surface area contributed by atoms with Gasteiger partial charge in [-0.25, -0.2) is 21.5 Å². The highest BCUT2D eigenvalue weighted by Crippen LogP contribution is 2.19. The van der Waals surface area contributed by atoms with Gasteiger partial charge in [0, 0.05) is 25.6 Å². The fourth-order valence-electron chi connectivity index (χ4n) is 1.43. The first-order valence-electron chi connectivity index (χ1n) is 5.41. The third-order valence-electron chi connectivity index (χ3n) is 2.64. The molecule has 1 atom stereocenters. The van der Waals surface area contributed by atoms with E-state index in [1.807, 2.05) is 0 Å². The molecule has 106 valence electrons. The molecule has 0 saturated carbocycles. The van der Waals surface area contributed by atoms with Gasteiger partial charge in [-0.05, 0) is 12.1 Å². The molecule has 19 heavy (non-hydrogen) atoms. The summed E-state index contributed by atoms with van der Waals surface area (Å²) in [6.07, 6.45) is 0. The maximum atomic E-state index is 13.5. The van der Waals surface area contributed by atoms with Crippen LogP contribution in [0.4, 0.5) is 8.78 Å². The lowest BCUT2D eigenvalue weighted by atomic mass is 10.2. The third kappa shape index (κ3) is 3.48. The Bertz CT molecular complexity index is 590. The predicted octanol–water partition coefficient (Wildman–Crippen LogP) is 1.16. The van der Waals surface area contributed by atoms with E-state index in [1.165, 1.54) is 7.05 Å². The second-order valence-corrected chi connectivity index (χ2v) is 6.23. The first kappa shape index (κ1) is 15.5. The standard InChI is InChI=1S/C11H15F2N3O2S/c1-7(11(14)15)6-16(2)19(17,18)10-4-3-8(12)5-9(10)13/h3-5,7H,6H2,1-2H3,(H3,14,15). The van der Waals surface area contributed by atoms with Crippen LogP contribution in [0, 0.1) is 23.0 Å². The number of benzene rings is 1. The van der Waals surface area contributed by atoms with Gasteiger partial charge in [-0.1, -0.05) is 6.92 Å². The monoisotopic (exact) mass is 291 g/mol. The highest BCUT2D eigenvalue weighted by molar-refractivity contribution is 7.89. The Labute approximate surface area is 110 Å². The highest BCUT2D eigenvalue weighted by atomic mass is 32.2. The molecule has 0 aliphatic carbocycles. The van der Waals surface area contributed by atoms with Crippen LogP contribution in [0.5, 0.6) is 0 Å². The molecule has 0 aliphatic rings. The molecule has 5 nitrogen and oxygen atoms in total. The molecule has 1 aromatic carbocycles. The topological polar surface area (TPSA) is 87.2 Å². The molecule has 1 rings (SSSR count). The molecule has 0 spiro atoms. The van der Waals surface area contributed by atoms with E-state index in [0.717, 1.165) is 16.4 Å². The Hall–Kier alpha value is -1.54. The van der Waals surface area contributed by atoms with Crippen LogP contribution < -0.4 is 5.73 Å². The molecule has 0 fully saturated rings. The average molecular weight is 291 g/mol. The number of nitrogens with zero attached hydrogens (tertiary/aromatic N) is 1. The largest absolute Gasteiger partial charge is 0.387 e. The van der Waals surface area contributed by atoms with Crippen molar-refractivity contribution in [3.63, 3.8) is 0 Å². The zero-order valence-electron chi connectivity index (χ0n) is 10.5. The van der Waals surface area contributed by atoms with Crippen molar-refractivity contribution < 1.29 is 17.2 Å². The minimum atomic E-state index is -4.08. The van der Waals surface area contributed by atoms with Crippen molar-refractivity contribution in [2.24, 2.45) is 11.7 Å². The number of amidine groups is 1. The Balaban J connectivity index is 3.06. The fourth-order valence-corrected chi connectivity index (χ4v) is 2.74. The first-order chi connectivity index (χ1) is 8.66. The average Bonchev–Trinajstić information content (AvgIpc) is 2.27. The summed E-state index contributed by atoms with van der Waals surface area (Å²) in [6, 6.07) is 2.25. The van der Waals surface area contributed by atoms with E-state index in [1.54, 1.807) is 6.92 Å². The number of halogens is 2. The van der Waals surface area contributed by atoms with E-state index in [4.69, 9.17) is 11.1 Å². The van der Waals surface area contributed by atoms with E-state index in [-0.39, 0.29) is 12.4 Å². The van der Waals surface area contributed by atoms with E-state index in [0.29, 0.717) is 6.07 Å². The minimum Gasteiger partial charge on any atom is -0.387 e. The van der Waals surface area contributed by atoms with Gasteiger partial charge in [0.25, 0.3) is 0 Å². The smallest absolute Gasteiger partial charge is 0.245 e. The molecule has 0 aliphatic heterocycles. The van der Waals surface area contributed by atoms with Gasteiger partial charge in [0.05, 0.1) is 5.84 Å². The SMILES string of the molecule is CC(CN(C)S(=O)(=O)c1ccc(F)cc1F)C(=N)N. The number of nitrogens with two attached hydrogens (primary N) is 1. The van der Waals surface area contributed by atoms with Crippen molar-refractivity contribution in [2.75, 3.05) is 13.6 Å². The van der Waals surface area contributed by atoms with Gasteiger partial charge in [0.2, 0.25) is 10.0 Å². The third-order valence-corrected chi connectivity index (χ3v) is 4.50. The lowest BCUT2D eigenvalue weighted by Crippen LogP contribution is -2.36. The summed E-state index contributed by atoms with van der Waals surface area (Å²) in [7, 11) is -2.83. The van der Waals surface area contributed by atoms with Gasteiger partial charge in [-0.2, -0.15) is 0 Å². The van der Waals surface area contributed by atoms with Crippen LogP contribution in [0.25, 0.3) is 0 Å². The number of hydrogen-bond acceptors (Lipinski definition) is 3. The molecule has 1 aromatic rings. The molecule has 8 heteroatoms. The van der Waals surface area contributed by atoms with E-state index < -0.39 is 32.5 Å². The van der Waals surface area contributed by atoms with Crippen LogP contribution >= 0.6 is 0 Å². The maximum Gasteiger partial charge on any atom is 0.245 e. The van der Waals surface area contributed by atoms with Crippen molar-refractivity contribution in [1.29, 1.82) is 5.41 Å².